The molecule has 1 aromatic carbocycles. The summed E-state index contributed by atoms with van der Waals surface area (Å²) in [5.41, 5.74) is 0.578. The molecule has 3 amide bonds. The van der Waals surface area contributed by atoms with Crippen molar-refractivity contribution in [2.75, 3.05) is 32.1 Å². The second kappa shape index (κ2) is 10.9. The highest BCUT2D eigenvalue weighted by atomic mass is 32.2. The Bertz CT molecular complexity index is 1070. The van der Waals surface area contributed by atoms with Gasteiger partial charge in [0.05, 0.1) is 28.8 Å². The summed E-state index contributed by atoms with van der Waals surface area (Å²) in [7, 11) is -2.81. The van der Waals surface area contributed by atoms with Crippen LogP contribution < -0.4 is 16.0 Å². The number of carbonyl (C=O) groups is 4. The predicted molar refractivity (Wildman–Crippen MR) is 116 cm³/mol. The van der Waals surface area contributed by atoms with Crippen molar-refractivity contribution in [1.82, 2.24) is 14.9 Å². The highest BCUT2D eigenvalue weighted by molar-refractivity contribution is 7.89. The molecule has 0 unspecified atom stereocenters. The largest absolute Gasteiger partial charge is 0.463 e. The van der Waals surface area contributed by atoms with E-state index in [1.807, 2.05) is 0 Å². The van der Waals surface area contributed by atoms with Crippen LogP contribution >= 0.6 is 0 Å². The third-order valence-electron chi connectivity index (χ3n) is 4.48. The molecule has 1 aliphatic heterocycles. The van der Waals surface area contributed by atoms with Gasteiger partial charge >= 0.3 is 18.0 Å². The van der Waals surface area contributed by atoms with Gasteiger partial charge < -0.3 is 25.4 Å². The lowest BCUT2D eigenvalue weighted by Crippen LogP contribution is -2.50. The van der Waals surface area contributed by atoms with Crippen LogP contribution in [0.3, 0.4) is 0 Å². The number of benzene rings is 1. The first kappa shape index (κ1) is 25.8. The van der Waals surface area contributed by atoms with Crippen LogP contribution in [0.5, 0.6) is 0 Å². The molecule has 33 heavy (non-hydrogen) atoms. The van der Waals surface area contributed by atoms with Gasteiger partial charge in [-0.1, -0.05) is 0 Å². The minimum atomic E-state index is -4.02. The average Bonchev–Trinajstić information content (AvgIpc) is 2.71. The fourth-order valence-electron chi connectivity index (χ4n) is 2.95. The third kappa shape index (κ3) is 6.76. The molecule has 13 heteroatoms. The van der Waals surface area contributed by atoms with E-state index in [2.05, 4.69) is 16.0 Å². The van der Waals surface area contributed by atoms with Crippen LogP contribution in [0.2, 0.25) is 0 Å². The van der Waals surface area contributed by atoms with Crippen LogP contribution in [-0.2, 0) is 33.9 Å². The van der Waals surface area contributed by atoms with Gasteiger partial charge in [-0.25, -0.2) is 18.0 Å². The van der Waals surface area contributed by atoms with E-state index < -0.39 is 47.2 Å². The second-order valence-corrected chi connectivity index (χ2v) is 9.11. The van der Waals surface area contributed by atoms with Crippen LogP contribution in [0.15, 0.2) is 40.4 Å². The molecule has 0 saturated carbocycles. The lowest BCUT2D eigenvalue weighted by molar-refractivity contribution is -0.143. The van der Waals surface area contributed by atoms with Crippen LogP contribution in [0.25, 0.3) is 0 Å². The van der Waals surface area contributed by atoms with Crippen LogP contribution in [0.4, 0.5) is 10.5 Å². The molecule has 1 aliphatic rings. The molecule has 0 aliphatic carbocycles. The van der Waals surface area contributed by atoms with Gasteiger partial charge in [0.15, 0.2) is 0 Å². The quantitative estimate of drug-likeness (QED) is 0.424. The Morgan fingerprint density at radius 3 is 2.36 bits per heavy atom. The summed E-state index contributed by atoms with van der Waals surface area (Å²) in [4.78, 5) is 47.2. The Morgan fingerprint density at radius 2 is 1.79 bits per heavy atom. The third-order valence-corrected chi connectivity index (χ3v) is 6.30. The number of nitrogens with zero attached hydrogens (tertiary/aromatic N) is 1. The van der Waals surface area contributed by atoms with Gasteiger partial charge in [-0.3, -0.25) is 9.59 Å². The first-order valence-corrected chi connectivity index (χ1v) is 11.4. The molecular weight excluding hydrogens is 456 g/mol. The summed E-state index contributed by atoms with van der Waals surface area (Å²) in [5, 5.41) is 7.45. The molecule has 1 atom stereocenters. The van der Waals surface area contributed by atoms with E-state index in [9.17, 15) is 27.6 Å². The molecule has 180 valence electrons. The number of hydrogen-bond acceptors (Lipinski definition) is 8. The second-order valence-electron chi connectivity index (χ2n) is 7.06. The Hall–Kier alpha value is -3.45. The average molecular weight is 483 g/mol. The number of amides is 3. The molecule has 3 N–H and O–H groups in total. The summed E-state index contributed by atoms with van der Waals surface area (Å²) >= 11 is 0. The minimum absolute atomic E-state index is 0.0529. The number of hydrogen-bond donors (Lipinski definition) is 3. The van der Waals surface area contributed by atoms with Gasteiger partial charge in [0.25, 0.3) is 0 Å². The zero-order valence-corrected chi connectivity index (χ0v) is 19.4. The molecule has 0 radical (unpaired) electrons. The highest BCUT2D eigenvalue weighted by Gasteiger charge is 2.31. The van der Waals surface area contributed by atoms with Crippen molar-refractivity contribution in [3.05, 3.63) is 35.5 Å². The normalized spacial score (nSPS) is 16.0. The maximum absolute atomic E-state index is 12.7. The maximum Gasteiger partial charge on any atom is 0.338 e. The van der Waals surface area contributed by atoms with Crippen LogP contribution in [0.1, 0.15) is 20.8 Å². The monoisotopic (exact) mass is 482 g/mol. The highest BCUT2D eigenvalue weighted by Crippen LogP contribution is 2.18. The predicted octanol–water partition coefficient (Wildman–Crippen LogP) is 0.327. The number of carbonyl (C=O) groups excluding carboxylic acids is 4. The first-order valence-electron chi connectivity index (χ1n) is 9.93. The SMILES string of the molecule is CCOC(=O)C1=C(COC(=O)CN(C)S(=O)(=O)c2ccc(NC(C)=O)cc2)NC(=O)N[C@H]1C. The molecule has 0 fully saturated rings. The zero-order chi connectivity index (χ0) is 24.8. The van der Waals surface area contributed by atoms with Crippen molar-refractivity contribution >= 4 is 39.6 Å². The lowest BCUT2D eigenvalue weighted by Gasteiger charge is -2.26. The van der Waals surface area contributed by atoms with Gasteiger partial charge in [-0.2, -0.15) is 4.31 Å². The molecule has 1 heterocycles. The Kier molecular flexibility index (Phi) is 8.54. The number of anilines is 1. The first-order chi connectivity index (χ1) is 15.4. The Morgan fingerprint density at radius 1 is 1.15 bits per heavy atom. The van der Waals surface area contributed by atoms with E-state index in [0.717, 1.165) is 4.31 Å². The molecule has 0 saturated heterocycles. The van der Waals surface area contributed by atoms with Gasteiger partial charge in [0.2, 0.25) is 15.9 Å². The number of sulfonamides is 1. The summed E-state index contributed by atoms with van der Waals surface area (Å²) in [6.45, 7) is 3.57. The summed E-state index contributed by atoms with van der Waals surface area (Å²) in [6, 6.07) is 4.18. The summed E-state index contributed by atoms with van der Waals surface area (Å²) in [5.74, 6) is -1.87. The van der Waals surface area contributed by atoms with Crippen molar-refractivity contribution in [3.63, 3.8) is 0 Å². The molecule has 0 aromatic heterocycles. The van der Waals surface area contributed by atoms with E-state index in [4.69, 9.17) is 9.47 Å². The smallest absolute Gasteiger partial charge is 0.338 e. The topological polar surface area (TPSA) is 160 Å². The van der Waals surface area contributed by atoms with Gasteiger partial charge in [0.1, 0.15) is 13.2 Å². The van der Waals surface area contributed by atoms with E-state index in [1.54, 1.807) is 13.8 Å². The van der Waals surface area contributed by atoms with Crippen molar-refractivity contribution in [2.45, 2.75) is 31.7 Å². The van der Waals surface area contributed by atoms with Crippen molar-refractivity contribution in [1.29, 1.82) is 0 Å². The standard InChI is InChI=1S/C20H26N4O8S/c1-5-31-19(27)18-12(2)21-20(28)23-16(18)11-32-17(26)10-24(4)33(29,30)15-8-6-14(7-9-15)22-13(3)25/h6-9,12H,5,10-11H2,1-4H3,(H,22,25)(H2,21,23,28)/t12-/m0/s1. The Labute approximate surface area is 191 Å². The molecule has 0 bridgehead atoms. The summed E-state index contributed by atoms with van der Waals surface area (Å²) in [6.07, 6.45) is 0. The number of esters is 2. The number of urea groups is 1. The van der Waals surface area contributed by atoms with E-state index in [1.165, 1.54) is 38.2 Å². The number of ether oxygens (including phenoxy) is 2. The van der Waals surface area contributed by atoms with Crippen molar-refractivity contribution < 1.29 is 37.1 Å². The lowest BCUT2D eigenvalue weighted by atomic mass is 10.0. The molecule has 0 spiro atoms. The summed E-state index contributed by atoms with van der Waals surface area (Å²) < 4.78 is 36.3. The van der Waals surface area contributed by atoms with Crippen LogP contribution in [-0.4, -0.2) is 69.4 Å². The molecular formula is C20H26N4O8S. The van der Waals surface area contributed by atoms with Gasteiger partial charge in [-0.15, -0.1) is 0 Å². The number of rotatable bonds is 9. The maximum atomic E-state index is 12.7. The fraction of sp³-hybridized carbons (Fsp3) is 0.400. The van der Waals surface area contributed by atoms with E-state index in [-0.39, 0.29) is 28.7 Å². The van der Waals surface area contributed by atoms with E-state index in [0.29, 0.717) is 5.69 Å². The Balaban J connectivity index is 2.06. The number of likely N-dealkylation sites (N-methyl/N-ethyl adjacent to an activating group) is 1. The minimum Gasteiger partial charge on any atom is -0.463 e. The van der Waals surface area contributed by atoms with Crippen LogP contribution in [0, 0.1) is 0 Å². The number of nitrogens with one attached hydrogen (secondary N) is 3. The zero-order valence-electron chi connectivity index (χ0n) is 18.6. The van der Waals surface area contributed by atoms with Gasteiger partial charge in [-0.05, 0) is 38.1 Å². The van der Waals surface area contributed by atoms with Gasteiger partial charge in [0, 0.05) is 19.7 Å². The molecule has 1 aromatic rings. The molecule has 12 nitrogen and oxygen atoms in total. The van der Waals surface area contributed by atoms with E-state index >= 15 is 0 Å². The fourth-order valence-corrected chi connectivity index (χ4v) is 4.07. The van der Waals surface area contributed by atoms with Crippen molar-refractivity contribution in [3.8, 4) is 0 Å². The molecule has 2 rings (SSSR count). The van der Waals surface area contributed by atoms with Crippen molar-refractivity contribution in [2.24, 2.45) is 0 Å².